The normalized spacial score (nSPS) is 27.4. The highest BCUT2D eigenvalue weighted by molar-refractivity contribution is 7.22. The van der Waals surface area contributed by atoms with Gasteiger partial charge in [-0.3, -0.25) is 4.90 Å². The number of rotatable bonds is 2. The molecule has 1 atom stereocenters. The third-order valence-electron chi connectivity index (χ3n) is 6.74. The van der Waals surface area contributed by atoms with E-state index in [1.807, 2.05) is 0 Å². The first kappa shape index (κ1) is 17.9. The second-order valence-corrected chi connectivity index (χ2v) is 9.59. The molecule has 1 unspecified atom stereocenters. The van der Waals surface area contributed by atoms with Gasteiger partial charge >= 0.3 is 0 Å². The van der Waals surface area contributed by atoms with Crippen LogP contribution in [-0.2, 0) is 4.74 Å². The first-order valence-electron chi connectivity index (χ1n) is 10.3. The van der Waals surface area contributed by atoms with Crippen molar-refractivity contribution in [2.24, 2.45) is 5.41 Å². The van der Waals surface area contributed by atoms with Crippen LogP contribution < -0.4 is 4.90 Å². The minimum absolute atomic E-state index is 0.185. The van der Waals surface area contributed by atoms with E-state index < -0.39 is 0 Å². The van der Waals surface area contributed by atoms with Gasteiger partial charge in [-0.1, -0.05) is 23.5 Å². The Labute approximate surface area is 164 Å². The predicted molar refractivity (Wildman–Crippen MR) is 110 cm³/mol. The van der Waals surface area contributed by atoms with Crippen LogP contribution >= 0.6 is 11.3 Å². The third-order valence-corrected chi connectivity index (χ3v) is 7.83. The highest BCUT2D eigenvalue weighted by Gasteiger charge is 2.43. The first-order valence-corrected chi connectivity index (χ1v) is 11.1. The number of hydrogen-bond donors (Lipinski definition) is 1. The maximum atomic E-state index is 10.6. The number of aliphatic hydroxyl groups is 1. The first-order chi connectivity index (χ1) is 13.2. The number of thiazole rings is 1. The highest BCUT2D eigenvalue weighted by atomic mass is 32.1. The van der Waals surface area contributed by atoms with Crippen LogP contribution in [0.4, 0.5) is 5.13 Å². The molecular weight excluding hydrogens is 358 g/mol. The Bertz CT molecular complexity index is 748. The molecule has 1 N–H and O–H groups in total. The van der Waals surface area contributed by atoms with E-state index in [0.717, 1.165) is 82.1 Å². The lowest BCUT2D eigenvalue weighted by atomic mass is 9.71. The number of para-hydroxylation sites is 1. The van der Waals surface area contributed by atoms with Crippen LogP contribution in [-0.4, -0.2) is 66.5 Å². The molecule has 3 saturated heterocycles. The van der Waals surface area contributed by atoms with Gasteiger partial charge in [-0.15, -0.1) is 0 Å². The van der Waals surface area contributed by atoms with Crippen molar-refractivity contribution in [1.29, 1.82) is 0 Å². The summed E-state index contributed by atoms with van der Waals surface area (Å²) in [5.41, 5.74) is 1.37. The Morgan fingerprint density at radius 3 is 2.70 bits per heavy atom. The summed E-state index contributed by atoms with van der Waals surface area (Å²) < 4.78 is 6.81. The summed E-state index contributed by atoms with van der Waals surface area (Å²) in [5, 5.41) is 11.8. The van der Waals surface area contributed by atoms with Crippen molar-refractivity contribution in [2.45, 2.75) is 44.2 Å². The van der Waals surface area contributed by atoms with Gasteiger partial charge in [0.25, 0.3) is 0 Å². The molecule has 0 radical (unpaired) electrons. The second-order valence-electron chi connectivity index (χ2n) is 8.58. The van der Waals surface area contributed by atoms with Crippen molar-refractivity contribution in [3.05, 3.63) is 24.3 Å². The molecule has 3 aliphatic heterocycles. The smallest absolute Gasteiger partial charge is 0.186 e. The van der Waals surface area contributed by atoms with E-state index in [0.29, 0.717) is 6.04 Å². The Balaban J connectivity index is 1.27. The third kappa shape index (κ3) is 3.60. The zero-order chi connectivity index (χ0) is 18.3. The van der Waals surface area contributed by atoms with Gasteiger partial charge in [-0.2, -0.15) is 0 Å². The lowest BCUT2D eigenvalue weighted by Crippen LogP contribution is -2.57. The number of nitrogens with zero attached hydrogens (tertiary/aromatic N) is 3. The average Bonchev–Trinajstić information content (AvgIpc) is 3.13. The average molecular weight is 388 g/mol. The van der Waals surface area contributed by atoms with Crippen molar-refractivity contribution in [2.75, 3.05) is 44.3 Å². The zero-order valence-electron chi connectivity index (χ0n) is 15.8. The quantitative estimate of drug-likeness (QED) is 0.858. The molecule has 0 saturated carbocycles. The van der Waals surface area contributed by atoms with Crippen LogP contribution in [0.1, 0.15) is 32.1 Å². The SMILES string of the molecule is OC1CN(C2CCOCC2)CC2(CCN(c3nc4ccccc4s3)CC2)C1. The molecule has 6 heteroatoms. The maximum Gasteiger partial charge on any atom is 0.186 e. The Morgan fingerprint density at radius 1 is 1.15 bits per heavy atom. The Morgan fingerprint density at radius 2 is 1.93 bits per heavy atom. The molecule has 27 heavy (non-hydrogen) atoms. The molecule has 5 rings (SSSR count). The van der Waals surface area contributed by atoms with Crippen molar-refractivity contribution in [1.82, 2.24) is 9.88 Å². The summed E-state index contributed by atoms with van der Waals surface area (Å²) in [5.74, 6) is 0. The van der Waals surface area contributed by atoms with Gasteiger partial charge in [0, 0.05) is 45.4 Å². The summed E-state index contributed by atoms with van der Waals surface area (Å²) in [6.45, 7) is 5.82. The fraction of sp³-hybridized carbons (Fsp3) is 0.667. The molecule has 0 aliphatic carbocycles. The number of anilines is 1. The van der Waals surface area contributed by atoms with Gasteiger partial charge < -0.3 is 14.7 Å². The van der Waals surface area contributed by atoms with Gasteiger partial charge in [0.2, 0.25) is 0 Å². The number of β-amino-alcohol motifs (C(OH)–C–C–N with tert-alkyl or cyclic N) is 1. The summed E-state index contributed by atoms with van der Waals surface area (Å²) in [6.07, 6.45) is 5.30. The summed E-state index contributed by atoms with van der Waals surface area (Å²) >= 11 is 1.80. The van der Waals surface area contributed by atoms with Crippen LogP contribution in [0.3, 0.4) is 0 Å². The molecule has 0 bridgehead atoms. The van der Waals surface area contributed by atoms with Crippen LogP contribution in [0, 0.1) is 5.41 Å². The number of aliphatic hydroxyl groups excluding tert-OH is 1. The van der Waals surface area contributed by atoms with Gasteiger partial charge in [0.1, 0.15) is 0 Å². The van der Waals surface area contributed by atoms with E-state index in [1.165, 1.54) is 4.70 Å². The van der Waals surface area contributed by atoms with Crippen molar-refractivity contribution < 1.29 is 9.84 Å². The van der Waals surface area contributed by atoms with Gasteiger partial charge in [0.15, 0.2) is 5.13 Å². The number of ether oxygens (including phenoxy) is 1. The van der Waals surface area contributed by atoms with E-state index >= 15 is 0 Å². The number of piperidine rings is 2. The van der Waals surface area contributed by atoms with Crippen molar-refractivity contribution in [3.63, 3.8) is 0 Å². The Hall–Kier alpha value is -1.21. The second kappa shape index (κ2) is 7.32. The molecule has 2 aromatic rings. The molecule has 1 spiro atoms. The van der Waals surface area contributed by atoms with Gasteiger partial charge in [-0.05, 0) is 49.7 Å². The number of benzene rings is 1. The number of aromatic nitrogens is 1. The molecule has 146 valence electrons. The zero-order valence-corrected chi connectivity index (χ0v) is 16.7. The van der Waals surface area contributed by atoms with Crippen molar-refractivity contribution >= 4 is 26.7 Å². The number of hydrogen-bond acceptors (Lipinski definition) is 6. The lowest BCUT2D eigenvalue weighted by molar-refractivity contribution is -0.0601. The predicted octanol–water partition coefficient (Wildman–Crippen LogP) is 3.13. The monoisotopic (exact) mass is 387 g/mol. The Kier molecular flexibility index (Phi) is 4.84. The minimum atomic E-state index is -0.185. The molecule has 0 amide bonds. The molecule has 1 aromatic carbocycles. The lowest BCUT2D eigenvalue weighted by Gasteiger charge is -2.51. The van der Waals surface area contributed by atoms with Crippen molar-refractivity contribution in [3.8, 4) is 0 Å². The minimum Gasteiger partial charge on any atom is -0.392 e. The fourth-order valence-corrected chi connectivity index (χ4v) is 6.27. The highest BCUT2D eigenvalue weighted by Crippen LogP contribution is 2.43. The largest absolute Gasteiger partial charge is 0.392 e. The fourth-order valence-electron chi connectivity index (χ4n) is 5.25. The molecule has 4 heterocycles. The number of likely N-dealkylation sites (tertiary alicyclic amines) is 1. The molecule has 3 aliphatic rings. The molecule has 1 aromatic heterocycles. The molecule has 5 nitrogen and oxygen atoms in total. The summed E-state index contributed by atoms with van der Waals surface area (Å²) in [6, 6.07) is 9.00. The van der Waals surface area contributed by atoms with Crippen LogP contribution in [0.5, 0.6) is 0 Å². The van der Waals surface area contributed by atoms with Crippen LogP contribution in [0.25, 0.3) is 10.2 Å². The summed E-state index contributed by atoms with van der Waals surface area (Å²) in [4.78, 5) is 9.87. The molecular formula is C21H29N3O2S. The van der Waals surface area contributed by atoms with Gasteiger partial charge in [0.05, 0.1) is 16.3 Å². The standard InChI is InChI=1S/C21H29N3O2S/c25-17-13-21(15-24(14-17)16-5-11-26-12-6-16)7-9-23(10-8-21)20-22-18-3-1-2-4-19(18)27-20/h1-4,16-17,25H,5-15H2. The van der Waals surface area contributed by atoms with Crippen LogP contribution in [0.2, 0.25) is 0 Å². The maximum absolute atomic E-state index is 10.6. The molecule has 3 fully saturated rings. The van der Waals surface area contributed by atoms with E-state index in [9.17, 15) is 5.11 Å². The van der Waals surface area contributed by atoms with Gasteiger partial charge in [-0.25, -0.2) is 4.98 Å². The van der Waals surface area contributed by atoms with Crippen LogP contribution in [0.15, 0.2) is 24.3 Å². The number of fused-ring (bicyclic) bond motifs is 1. The topological polar surface area (TPSA) is 48.8 Å². The van der Waals surface area contributed by atoms with E-state index in [2.05, 4.69) is 34.1 Å². The van der Waals surface area contributed by atoms with E-state index in [-0.39, 0.29) is 11.5 Å². The van der Waals surface area contributed by atoms with E-state index in [4.69, 9.17) is 9.72 Å². The van der Waals surface area contributed by atoms with E-state index in [1.54, 1.807) is 11.3 Å². The summed E-state index contributed by atoms with van der Waals surface area (Å²) in [7, 11) is 0.